The molecule has 0 heterocycles. The molecule has 1 aliphatic rings. The molecule has 1 rings (SSSR count). The molecule has 1 fully saturated rings. The summed E-state index contributed by atoms with van der Waals surface area (Å²) in [5, 5.41) is 6.59. The van der Waals surface area contributed by atoms with Gasteiger partial charge in [0.15, 0.2) is 0 Å². The van der Waals surface area contributed by atoms with E-state index in [2.05, 4.69) is 59.1 Å². The van der Waals surface area contributed by atoms with E-state index in [0.717, 1.165) is 44.9 Å². The van der Waals surface area contributed by atoms with Crippen molar-refractivity contribution in [1.82, 2.24) is 10.6 Å². The summed E-state index contributed by atoms with van der Waals surface area (Å²) in [6.45, 7) is 19.9. The molecule has 0 radical (unpaired) electrons. The van der Waals surface area contributed by atoms with Crippen LogP contribution < -0.4 is 10.6 Å². The van der Waals surface area contributed by atoms with Crippen molar-refractivity contribution < 1.29 is 9.59 Å². The Hall–Kier alpha value is -1.06. The fourth-order valence-electron chi connectivity index (χ4n) is 5.07. The maximum atomic E-state index is 12.9. The van der Waals surface area contributed by atoms with Gasteiger partial charge in [-0.2, -0.15) is 0 Å². The van der Waals surface area contributed by atoms with Crippen molar-refractivity contribution >= 4 is 11.8 Å². The summed E-state index contributed by atoms with van der Waals surface area (Å²) in [5.41, 5.74) is -0.487. The first-order valence-corrected chi connectivity index (χ1v) is 11.3. The number of hydrogen-bond acceptors (Lipinski definition) is 2. The number of carbonyl (C=O) groups excluding carboxylic acids is 2. The molecule has 0 aromatic heterocycles. The van der Waals surface area contributed by atoms with E-state index in [0.29, 0.717) is 6.54 Å². The Morgan fingerprint density at radius 2 is 1.54 bits per heavy atom. The second-order valence-corrected chi connectivity index (χ2v) is 11.3. The smallest absolute Gasteiger partial charge is 0.226 e. The van der Waals surface area contributed by atoms with E-state index in [1.54, 1.807) is 0 Å². The van der Waals surface area contributed by atoms with Crippen molar-refractivity contribution in [2.24, 2.45) is 21.7 Å². The van der Waals surface area contributed by atoms with Crippen LogP contribution in [0.15, 0.2) is 0 Å². The SMILES string of the molecule is CCCC(C)(C)C(=O)NCC1(C)CC(NC(=O)C(C)(CC)CC)CC(C)(C)C1. The van der Waals surface area contributed by atoms with Crippen molar-refractivity contribution in [3.8, 4) is 0 Å². The van der Waals surface area contributed by atoms with Crippen LogP contribution in [0.5, 0.6) is 0 Å². The molecule has 164 valence electrons. The maximum Gasteiger partial charge on any atom is 0.226 e. The molecule has 28 heavy (non-hydrogen) atoms. The van der Waals surface area contributed by atoms with Crippen molar-refractivity contribution in [1.29, 1.82) is 0 Å². The highest BCUT2D eigenvalue weighted by Crippen LogP contribution is 2.46. The van der Waals surface area contributed by atoms with E-state index in [-0.39, 0.29) is 39.5 Å². The molecule has 0 aromatic rings. The van der Waals surface area contributed by atoms with E-state index in [1.165, 1.54) is 0 Å². The van der Waals surface area contributed by atoms with Gasteiger partial charge in [0.1, 0.15) is 0 Å². The fraction of sp³-hybridized carbons (Fsp3) is 0.917. The zero-order valence-corrected chi connectivity index (χ0v) is 20.1. The Bertz CT molecular complexity index is 549. The fourth-order valence-corrected chi connectivity index (χ4v) is 5.07. The van der Waals surface area contributed by atoms with Gasteiger partial charge in [-0.05, 0) is 49.4 Å². The number of carbonyl (C=O) groups is 2. The van der Waals surface area contributed by atoms with Crippen LogP contribution in [0.1, 0.15) is 107 Å². The molecule has 2 N–H and O–H groups in total. The van der Waals surface area contributed by atoms with Gasteiger partial charge in [0.2, 0.25) is 11.8 Å². The lowest BCUT2D eigenvalue weighted by Crippen LogP contribution is -2.53. The summed E-state index contributed by atoms with van der Waals surface area (Å²) in [4.78, 5) is 25.6. The van der Waals surface area contributed by atoms with Crippen LogP contribution in [0, 0.1) is 21.7 Å². The van der Waals surface area contributed by atoms with Gasteiger partial charge in [-0.1, -0.05) is 68.7 Å². The van der Waals surface area contributed by atoms with Gasteiger partial charge >= 0.3 is 0 Å². The molecule has 0 aliphatic heterocycles. The number of hydrogen-bond donors (Lipinski definition) is 2. The lowest BCUT2D eigenvalue weighted by molar-refractivity contribution is -0.133. The average molecular weight is 395 g/mol. The van der Waals surface area contributed by atoms with E-state index < -0.39 is 0 Å². The summed E-state index contributed by atoms with van der Waals surface area (Å²) < 4.78 is 0. The zero-order chi connectivity index (χ0) is 21.8. The zero-order valence-electron chi connectivity index (χ0n) is 20.1. The molecular formula is C24H46N2O2. The predicted molar refractivity (Wildman–Crippen MR) is 118 cm³/mol. The van der Waals surface area contributed by atoms with Crippen LogP contribution in [0.2, 0.25) is 0 Å². The maximum absolute atomic E-state index is 12.9. The van der Waals surface area contributed by atoms with E-state index in [9.17, 15) is 9.59 Å². The van der Waals surface area contributed by atoms with Crippen LogP contribution in [0.3, 0.4) is 0 Å². The molecule has 0 saturated heterocycles. The van der Waals surface area contributed by atoms with Gasteiger partial charge in [-0.25, -0.2) is 0 Å². The van der Waals surface area contributed by atoms with Gasteiger partial charge in [-0.3, -0.25) is 9.59 Å². The van der Waals surface area contributed by atoms with Crippen LogP contribution >= 0.6 is 0 Å². The molecule has 0 aromatic carbocycles. The molecule has 0 bridgehead atoms. The summed E-state index contributed by atoms with van der Waals surface area (Å²) in [6, 6.07) is 0.166. The number of nitrogens with one attached hydrogen (secondary N) is 2. The largest absolute Gasteiger partial charge is 0.355 e. The normalized spacial score (nSPS) is 25.2. The van der Waals surface area contributed by atoms with E-state index in [1.807, 2.05) is 13.8 Å². The minimum atomic E-state index is -0.326. The molecule has 2 amide bonds. The summed E-state index contributed by atoms with van der Waals surface area (Å²) in [6.07, 6.45) is 6.57. The third-order valence-electron chi connectivity index (χ3n) is 7.05. The minimum absolute atomic E-state index is 0.00746. The van der Waals surface area contributed by atoms with Crippen molar-refractivity contribution in [3.05, 3.63) is 0 Å². The van der Waals surface area contributed by atoms with Gasteiger partial charge < -0.3 is 10.6 Å². The van der Waals surface area contributed by atoms with Gasteiger partial charge in [0.25, 0.3) is 0 Å². The lowest BCUT2D eigenvalue weighted by Gasteiger charge is -2.47. The highest BCUT2D eigenvalue weighted by atomic mass is 16.2. The quantitative estimate of drug-likeness (QED) is 0.546. The first-order valence-electron chi connectivity index (χ1n) is 11.3. The van der Waals surface area contributed by atoms with Gasteiger partial charge in [-0.15, -0.1) is 0 Å². The van der Waals surface area contributed by atoms with E-state index in [4.69, 9.17) is 0 Å². The Kier molecular flexibility index (Phi) is 8.18. The second-order valence-electron chi connectivity index (χ2n) is 11.3. The van der Waals surface area contributed by atoms with Crippen molar-refractivity contribution in [3.63, 3.8) is 0 Å². The Balaban J connectivity index is 2.84. The molecule has 4 nitrogen and oxygen atoms in total. The first kappa shape index (κ1) is 25.0. The number of amides is 2. The van der Waals surface area contributed by atoms with Crippen LogP contribution in [-0.2, 0) is 9.59 Å². The Morgan fingerprint density at radius 1 is 0.964 bits per heavy atom. The van der Waals surface area contributed by atoms with Crippen LogP contribution in [0.25, 0.3) is 0 Å². The molecule has 2 atom stereocenters. The highest BCUT2D eigenvalue weighted by Gasteiger charge is 2.43. The molecule has 1 aliphatic carbocycles. The minimum Gasteiger partial charge on any atom is -0.355 e. The number of rotatable bonds is 9. The first-order chi connectivity index (χ1) is 12.7. The van der Waals surface area contributed by atoms with Crippen molar-refractivity contribution in [2.75, 3.05) is 6.54 Å². The third kappa shape index (κ3) is 6.49. The summed E-state index contributed by atoms with van der Waals surface area (Å²) >= 11 is 0. The third-order valence-corrected chi connectivity index (χ3v) is 7.05. The van der Waals surface area contributed by atoms with Crippen LogP contribution in [-0.4, -0.2) is 24.4 Å². The van der Waals surface area contributed by atoms with Gasteiger partial charge in [0, 0.05) is 23.4 Å². The molecule has 1 saturated carbocycles. The van der Waals surface area contributed by atoms with Crippen LogP contribution in [0.4, 0.5) is 0 Å². The molecule has 0 spiro atoms. The molecule has 2 unspecified atom stereocenters. The Labute approximate surface area is 174 Å². The topological polar surface area (TPSA) is 58.2 Å². The van der Waals surface area contributed by atoms with Crippen molar-refractivity contribution in [2.45, 2.75) is 113 Å². The Morgan fingerprint density at radius 3 is 2.04 bits per heavy atom. The standard InChI is InChI=1S/C24H46N2O2/c1-10-13-22(6,7)19(27)25-17-23(8)15-18(14-21(4,5)16-23)26-20(28)24(9,11-2)12-3/h18H,10-17H2,1-9H3,(H,25,27)(H,26,28). The monoisotopic (exact) mass is 394 g/mol. The summed E-state index contributed by atoms with van der Waals surface area (Å²) in [5.74, 6) is 0.319. The second kappa shape index (κ2) is 9.17. The molecule has 4 heteroatoms. The molecular weight excluding hydrogens is 348 g/mol. The predicted octanol–water partition coefficient (Wildman–Crippen LogP) is 5.46. The van der Waals surface area contributed by atoms with Gasteiger partial charge in [0.05, 0.1) is 0 Å². The lowest BCUT2D eigenvalue weighted by atomic mass is 9.62. The summed E-state index contributed by atoms with van der Waals surface area (Å²) in [7, 11) is 0. The van der Waals surface area contributed by atoms with E-state index >= 15 is 0 Å². The highest BCUT2D eigenvalue weighted by molar-refractivity contribution is 5.82. The average Bonchev–Trinajstić information content (AvgIpc) is 2.57.